The van der Waals surface area contributed by atoms with E-state index in [1.165, 1.54) is 7.11 Å². The maximum absolute atomic E-state index is 13.9. The van der Waals surface area contributed by atoms with Gasteiger partial charge in [0.15, 0.2) is 29.0 Å². The first kappa shape index (κ1) is 19.8. The molecule has 8 heteroatoms. The molecule has 0 radical (unpaired) electrons. The Kier molecular flexibility index (Phi) is 6.28. The smallest absolute Gasteiger partial charge is 0.190 e. The van der Waals surface area contributed by atoms with Gasteiger partial charge in [-0.05, 0) is 37.9 Å². The van der Waals surface area contributed by atoms with Crippen molar-refractivity contribution >= 4 is 12.4 Å². The van der Waals surface area contributed by atoms with Crippen molar-refractivity contribution in [2.75, 3.05) is 21.2 Å². The maximum Gasteiger partial charge on any atom is 0.190 e. The van der Waals surface area contributed by atoms with Crippen LogP contribution in [0.2, 0.25) is 0 Å². The molecule has 0 spiro atoms. The number of benzene rings is 2. The lowest BCUT2D eigenvalue weighted by molar-refractivity contribution is 0.360. The summed E-state index contributed by atoms with van der Waals surface area (Å²) >= 11 is 0. The number of H-pyrrole nitrogens is 1. The molecular formula is C18H19ClF2N4O. The van der Waals surface area contributed by atoms with Crippen molar-refractivity contribution in [2.45, 2.75) is 6.54 Å². The molecule has 0 aliphatic carbocycles. The van der Waals surface area contributed by atoms with Crippen LogP contribution in [0.3, 0.4) is 0 Å². The van der Waals surface area contributed by atoms with Crippen LogP contribution in [0.1, 0.15) is 5.56 Å². The fraction of sp³-hybridized carbons (Fsp3) is 0.222. The number of aromatic nitrogens is 3. The number of hydrogen-bond acceptors (Lipinski definition) is 4. The second-order valence-electron chi connectivity index (χ2n) is 5.92. The summed E-state index contributed by atoms with van der Waals surface area (Å²) in [7, 11) is 5.20. The van der Waals surface area contributed by atoms with E-state index in [4.69, 9.17) is 0 Å². The molecule has 0 fully saturated rings. The third kappa shape index (κ3) is 4.17. The van der Waals surface area contributed by atoms with Gasteiger partial charge < -0.3 is 9.64 Å². The minimum absolute atomic E-state index is 0. The van der Waals surface area contributed by atoms with Crippen molar-refractivity contribution in [3.63, 3.8) is 0 Å². The standard InChI is InChI=1S/C18H18F2N4O.ClH/c1-24(2)10-11-5-4-6-12(7-11)17-21-18(23-22-17)13-8-14(19)16(25-3)15(20)9-13;/h4-9H,10H2,1-3H3,(H,21,22,23);1H. The van der Waals surface area contributed by atoms with Crippen molar-refractivity contribution in [1.82, 2.24) is 20.1 Å². The number of aromatic amines is 1. The van der Waals surface area contributed by atoms with Gasteiger partial charge >= 0.3 is 0 Å². The summed E-state index contributed by atoms with van der Waals surface area (Å²) in [5.41, 5.74) is 2.22. The molecule has 0 amide bonds. The van der Waals surface area contributed by atoms with Gasteiger partial charge in [-0.3, -0.25) is 5.10 Å². The summed E-state index contributed by atoms with van der Waals surface area (Å²) < 4.78 is 32.4. The van der Waals surface area contributed by atoms with Crippen LogP contribution in [-0.4, -0.2) is 41.3 Å². The van der Waals surface area contributed by atoms with Gasteiger partial charge in [0, 0.05) is 17.7 Å². The van der Waals surface area contributed by atoms with E-state index >= 15 is 0 Å². The van der Waals surface area contributed by atoms with Crippen LogP contribution in [0.15, 0.2) is 36.4 Å². The Hall–Kier alpha value is -2.51. The van der Waals surface area contributed by atoms with Crippen molar-refractivity contribution in [1.29, 1.82) is 0 Å². The minimum atomic E-state index is -0.795. The summed E-state index contributed by atoms with van der Waals surface area (Å²) in [6, 6.07) is 10.2. The monoisotopic (exact) mass is 380 g/mol. The lowest BCUT2D eigenvalue weighted by atomic mass is 10.1. The first-order chi connectivity index (χ1) is 12.0. The summed E-state index contributed by atoms with van der Waals surface area (Å²) in [5, 5.41) is 6.89. The van der Waals surface area contributed by atoms with E-state index in [-0.39, 0.29) is 23.8 Å². The van der Waals surface area contributed by atoms with Gasteiger partial charge in [-0.15, -0.1) is 12.4 Å². The highest BCUT2D eigenvalue weighted by molar-refractivity contribution is 5.85. The average Bonchev–Trinajstić information content (AvgIpc) is 3.04. The van der Waals surface area contributed by atoms with Crippen LogP contribution < -0.4 is 4.74 Å². The van der Waals surface area contributed by atoms with Gasteiger partial charge in [0.2, 0.25) is 0 Å². The molecule has 0 aliphatic rings. The number of methoxy groups -OCH3 is 1. The highest BCUT2D eigenvalue weighted by atomic mass is 35.5. The molecule has 138 valence electrons. The highest BCUT2D eigenvalue weighted by Crippen LogP contribution is 2.28. The van der Waals surface area contributed by atoms with E-state index in [0.29, 0.717) is 5.82 Å². The molecule has 0 saturated carbocycles. The van der Waals surface area contributed by atoms with Gasteiger partial charge in [-0.1, -0.05) is 18.2 Å². The Morgan fingerprint density at radius 2 is 1.77 bits per heavy atom. The highest BCUT2D eigenvalue weighted by Gasteiger charge is 2.15. The van der Waals surface area contributed by atoms with Gasteiger partial charge in [0.25, 0.3) is 0 Å². The summed E-state index contributed by atoms with van der Waals surface area (Å²) in [6.07, 6.45) is 0. The van der Waals surface area contributed by atoms with Crippen LogP contribution in [0, 0.1) is 11.6 Å². The molecule has 0 bridgehead atoms. The van der Waals surface area contributed by atoms with Crippen molar-refractivity contribution in [2.24, 2.45) is 0 Å². The Balaban J connectivity index is 0.00000243. The molecule has 26 heavy (non-hydrogen) atoms. The van der Waals surface area contributed by atoms with Gasteiger partial charge in [0.1, 0.15) is 0 Å². The predicted molar refractivity (Wildman–Crippen MR) is 98.4 cm³/mol. The van der Waals surface area contributed by atoms with Crippen LogP contribution in [-0.2, 0) is 6.54 Å². The minimum Gasteiger partial charge on any atom is -0.491 e. The van der Waals surface area contributed by atoms with E-state index < -0.39 is 17.4 Å². The molecule has 0 unspecified atom stereocenters. The topological polar surface area (TPSA) is 54.0 Å². The van der Waals surface area contributed by atoms with Gasteiger partial charge in [0.05, 0.1) is 7.11 Å². The summed E-state index contributed by atoms with van der Waals surface area (Å²) in [4.78, 5) is 6.42. The molecule has 2 aromatic carbocycles. The maximum atomic E-state index is 13.9. The fourth-order valence-corrected chi connectivity index (χ4v) is 2.59. The Morgan fingerprint density at radius 1 is 1.08 bits per heavy atom. The third-order valence-corrected chi connectivity index (χ3v) is 3.65. The number of hydrogen-bond donors (Lipinski definition) is 1. The number of rotatable bonds is 5. The van der Waals surface area contributed by atoms with Crippen molar-refractivity contribution in [3.05, 3.63) is 53.6 Å². The Bertz CT molecular complexity index is 875. The number of nitrogens with zero attached hydrogens (tertiary/aromatic N) is 3. The van der Waals surface area contributed by atoms with Crippen LogP contribution in [0.4, 0.5) is 8.78 Å². The molecule has 1 heterocycles. The zero-order valence-corrected chi connectivity index (χ0v) is 15.4. The lowest BCUT2D eigenvalue weighted by Crippen LogP contribution is -2.10. The molecule has 3 rings (SSSR count). The molecule has 1 aromatic heterocycles. The quantitative estimate of drug-likeness (QED) is 0.729. The zero-order chi connectivity index (χ0) is 18.0. The number of nitrogens with one attached hydrogen (secondary N) is 1. The lowest BCUT2D eigenvalue weighted by Gasteiger charge is -2.09. The molecule has 0 aliphatic heterocycles. The number of ether oxygens (including phenoxy) is 1. The average molecular weight is 381 g/mol. The predicted octanol–water partition coefficient (Wildman–Crippen LogP) is 3.91. The molecule has 5 nitrogen and oxygen atoms in total. The van der Waals surface area contributed by atoms with E-state index in [2.05, 4.69) is 24.8 Å². The Morgan fingerprint density at radius 3 is 2.38 bits per heavy atom. The molecular weight excluding hydrogens is 362 g/mol. The second kappa shape index (κ2) is 8.25. The van der Waals surface area contributed by atoms with Gasteiger partial charge in [-0.2, -0.15) is 5.10 Å². The summed E-state index contributed by atoms with van der Waals surface area (Å²) in [6.45, 7) is 0.795. The van der Waals surface area contributed by atoms with E-state index in [0.717, 1.165) is 29.8 Å². The molecule has 1 N–H and O–H groups in total. The SMILES string of the molecule is COc1c(F)cc(-c2n[nH]c(-c3cccc(CN(C)C)c3)n2)cc1F.Cl. The van der Waals surface area contributed by atoms with E-state index in [1.54, 1.807) is 0 Å². The van der Waals surface area contributed by atoms with E-state index in [9.17, 15) is 8.78 Å². The van der Waals surface area contributed by atoms with Crippen LogP contribution in [0.5, 0.6) is 5.75 Å². The van der Waals surface area contributed by atoms with Crippen molar-refractivity contribution < 1.29 is 13.5 Å². The number of halogens is 3. The molecule has 0 saturated heterocycles. The third-order valence-electron chi connectivity index (χ3n) is 3.65. The normalized spacial score (nSPS) is 10.7. The second-order valence-corrected chi connectivity index (χ2v) is 5.92. The largest absolute Gasteiger partial charge is 0.491 e. The van der Waals surface area contributed by atoms with Crippen LogP contribution >= 0.6 is 12.4 Å². The zero-order valence-electron chi connectivity index (χ0n) is 14.6. The molecule has 0 atom stereocenters. The van der Waals surface area contributed by atoms with Gasteiger partial charge in [-0.25, -0.2) is 13.8 Å². The Labute approximate surface area is 156 Å². The van der Waals surface area contributed by atoms with Crippen molar-refractivity contribution in [3.8, 4) is 28.5 Å². The first-order valence-electron chi connectivity index (χ1n) is 7.68. The first-order valence-corrected chi connectivity index (χ1v) is 7.68. The molecule has 3 aromatic rings. The fourth-order valence-electron chi connectivity index (χ4n) is 2.59. The summed E-state index contributed by atoms with van der Waals surface area (Å²) in [5.74, 6) is -1.26. The van der Waals surface area contributed by atoms with Crippen LogP contribution in [0.25, 0.3) is 22.8 Å². The van der Waals surface area contributed by atoms with E-state index in [1.807, 2.05) is 38.4 Å².